The van der Waals surface area contributed by atoms with E-state index in [2.05, 4.69) is 10.3 Å². The molecule has 3 rings (SSSR count). The maximum Gasteiger partial charge on any atom is 0.326 e. The highest BCUT2D eigenvalue weighted by Crippen LogP contribution is 2.36. The summed E-state index contributed by atoms with van der Waals surface area (Å²) in [6.45, 7) is 4.05. The zero-order valence-electron chi connectivity index (χ0n) is 14.5. The summed E-state index contributed by atoms with van der Waals surface area (Å²) in [7, 11) is 0. The van der Waals surface area contributed by atoms with Crippen molar-refractivity contribution >= 4 is 23.2 Å². The SMILES string of the molecule is CC(C)C[C@H](NC(=O)Cc1csc(-c2ccc3c(c2)OCO3)n1)C(=O)O. The molecule has 1 aliphatic rings. The first-order chi connectivity index (χ1) is 12.4. The molecule has 26 heavy (non-hydrogen) atoms. The van der Waals surface area contributed by atoms with Crippen LogP contribution in [0.4, 0.5) is 0 Å². The van der Waals surface area contributed by atoms with Crippen molar-refractivity contribution in [3.05, 3.63) is 29.3 Å². The standard InChI is InChI=1S/C18H20N2O5S/c1-10(2)5-13(18(22)23)20-16(21)7-12-8-26-17(19-12)11-3-4-14-15(6-11)25-9-24-14/h3-4,6,8,10,13H,5,7,9H2,1-2H3,(H,20,21)(H,22,23)/t13-/m0/s1. The fourth-order valence-corrected chi connectivity index (χ4v) is 3.47. The monoisotopic (exact) mass is 376 g/mol. The number of fused-ring (bicyclic) bond motifs is 1. The molecule has 2 N–H and O–H groups in total. The van der Waals surface area contributed by atoms with E-state index in [9.17, 15) is 14.7 Å². The van der Waals surface area contributed by atoms with E-state index in [0.29, 0.717) is 23.6 Å². The van der Waals surface area contributed by atoms with Crippen LogP contribution < -0.4 is 14.8 Å². The molecule has 0 fully saturated rings. The van der Waals surface area contributed by atoms with Crippen molar-refractivity contribution in [1.82, 2.24) is 10.3 Å². The van der Waals surface area contributed by atoms with Crippen LogP contribution in [0.2, 0.25) is 0 Å². The Kier molecular flexibility index (Phi) is 5.41. The van der Waals surface area contributed by atoms with Crippen molar-refractivity contribution in [1.29, 1.82) is 0 Å². The third-order valence-electron chi connectivity index (χ3n) is 3.85. The van der Waals surface area contributed by atoms with E-state index >= 15 is 0 Å². The number of carbonyl (C=O) groups is 2. The summed E-state index contributed by atoms with van der Waals surface area (Å²) < 4.78 is 10.7. The van der Waals surface area contributed by atoms with Gasteiger partial charge in [0, 0.05) is 10.9 Å². The molecular weight excluding hydrogens is 356 g/mol. The average molecular weight is 376 g/mol. The summed E-state index contributed by atoms with van der Waals surface area (Å²) in [5.41, 5.74) is 1.49. The number of carboxylic acid groups (broad SMARTS) is 1. The number of nitrogens with zero attached hydrogens (tertiary/aromatic N) is 1. The van der Waals surface area contributed by atoms with Gasteiger partial charge in [0.15, 0.2) is 11.5 Å². The number of aromatic nitrogens is 1. The number of carboxylic acids is 1. The number of carbonyl (C=O) groups excluding carboxylic acids is 1. The van der Waals surface area contributed by atoms with Gasteiger partial charge in [-0.05, 0) is 30.5 Å². The van der Waals surface area contributed by atoms with Crippen LogP contribution in [-0.4, -0.2) is 34.8 Å². The molecule has 0 saturated carbocycles. The minimum atomic E-state index is -1.02. The molecule has 1 aromatic carbocycles. The summed E-state index contributed by atoms with van der Waals surface area (Å²) in [6.07, 6.45) is 0.434. The first kappa shape index (κ1) is 18.2. The minimum Gasteiger partial charge on any atom is -0.480 e. The second kappa shape index (κ2) is 7.74. The lowest BCUT2D eigenvalue weighted by Gasteiger charge is -2.16. The van der Waals surface area contributed by atoms with Gasteiger partial charge in [0.2, 0.25) is 12.7 Å². The lowest BCUT2D eigenvalue weighted by atomic mass is 10.0. The maximum atomic E-state index is 12.2. The Balaban J connectivity index is 1.64. The zero-order chi connectivity index (χ0) is 18.7. The van der Waals surface area contributed by atoms with Gasteiger partial charge in [-0.15, -0.1) is 11.3 Å². The van der Waals surface area contributed by atoms with Gasteiger partial charge in [-0.1, -0.05) is 13.8 Å². The van der Waals surface area contributed by atoms with E-state index in [1.165, 1.54) is 11.3 Å². The fourth-order valence-electron chi connectivity index (χ4n) is 2.65. The van der Waals surface area contributed by atoms with Crippen molar-refractivity contribution in [2.24, 2.45) is 5.92 Å². The van der Waals surface area contributed by atoms with Crippen LogP contribution in [0.25, 0.3) is 10.6 Å². The van der Waals surface area contributed by atoms with Crippen LogP contribution in [0.15, 0.2) is 23.6 Å². The van der Waals surface area contributed by atoms with Gasteiger partial charge in [-0.3, -0.25) is 4.79 Å². The molecule has 2 heterocycles. The van der Waals surface area contributed by atoms with Gasteiger partial charge >= 0.3 is 5.97 Å². The van der Waals surface area contributed by atoms with Crippen LogP contribution in [0, 0.1) is 5.92 Å². The Labute approximate surface area is 155 Å². The molecule has 1 amide bonds. The zero-order valence-corrected chi connectivity index (χ0v) is 15.3. The number of amides is 1. The number of hydrogen-bond acceptors (Lipinski definition) is 6. The largest absolute Gasteiger partial charge is 0.480 e. The Morgan fingerprint density at radius 1 is 1.31 bits per heavy atom. The van der Waals surface area contributed by atoms with Crippen LogP contribution in [-0.2, 0) is 16.0 Å². The minimum absolute atomic E-state index is 0.0446. The van der Waals surface area contributed by atoms with Crippen molar-refractivity contribution < 1.29 is 24.2 Å². The normalized spacial score (nSPS) is 13.7. The molecule has 0 radical (unpaired) electrons. The number of thiazole rings is 1. The number of nitrogens with one attached hydrogen (secondary N) is 1. The molecular formula is C18H20N2O5S. The van der Waals surface area contributed by atoms with Crippen LogP contribution >= 0.6 is 11.3 Å². The molecule has 1 atom stereocenters. The molecule has 0 spiro atoms. The van der Waals surface area contributed by atoms with Gasteiger partial charge in [-0.2, -0.15) is 0 Å². The molecule has 7 nitrogen and oxygen atoms in total. The molecule has 0 aliphatic carbocycles. The second-order valence-electron chi connectivity index (χ2n) is 6.48. The van der Waals surface area contributed by atoms with Gasteiger partial charge in [0.1, 0.15) is 11.0 Å². The van der Waals surface area contributed by atoms with Gasteiger partial charge < -0.3 is 19.9 Å². The first-order valence-electron chi connectivity index (χ1n) is 8.29. The Morgan fingerprint density at radius 3 is 2.81 bits per heavy atom. The Hall–Kier alpha value is -2.61. The Bertz CT molecular complexity index is 818. The summed E-state index contributed by atoms with van der Waals surface area (Å²) in [5, 5.41) is 14.4. The smallest absolute Gasteiger partial charge is 0.326 e. The summed E-state index contributed by atoms with van der Waals surface area (Å²) in [4.78, 5) is 27.9. The molecule has 0 saturated heterocycles. The van der Waals surface area contributed by atoms with Crippen LogP contribution in [0.5, 0.6) is 11.5 Å². The third-order valence-corrected chi connectivity index (χ3v) is 4.79. The number of benzene rings is 1. The number of ether oxygens (including phenoxy) is 2. The van der Waals surface area contributed by atoms with Gasteiger partial charge in [-0.25, -0.2) is 9.78 Å². The van der Waals surface area contributed by atoms with Gasteiger partial charge in [0.25, 0.3) is 0 Å². The first-order valence-corrected chi connectivity index (χ1v) is 9.17. The van der Waals surface area contributed by atoms with Crippen molar-refractivity contribution in [3.8, 4) is 22.1 Å². The topological polar surface area (TPSA) is 97.8 Å². The predicted octanol–water partition coefficient (Wildman–Crippen LogP) is 2.70. The van der Waals surface area contributed by atoms with E-state index in [1.54, 1.807) is 5.38 Å². The Morgan fingerprint density at radius 2 is 2.08 bits per heavy atom. The highest BCUT2D eigenvalue weighted by atomic mass is 32.1. The van der Waals surface area contributed by atoms with E-state index in [1.807, 2.05) is 32.0 Å². The molecule has 1 aliphatic heterocycles. The highest BCUT2D eigenvalue weighted by molar-refractivity contribution is 7.13. The van der Waals surface area contributed by atoms with E-state index in [4.69, 9.17) is 9.47 Å². The van der Waals surface area contributed by atoms with Gasteiger partial charge in [0.05, 0.1) is 12.1 Å². The molecule has 0 bridgehead atoms. The number of hydrogen-bond donors (Lipinski definition) is 2. The van der Waals surface area contributed by atoms with E-state index < -0.39 is 12.0 Å². The van der Waals surface area contributed by atoms with Crippen molar-refractivity contribution in [2.45, 2.75) is 32.7 Å². The summed E-state index contributed by atoms with van der Waals surface area (Å²) >= 11 is 1.42. The van der Waals surface area contributed by atoms with Crippen LogP contribution in [0.3, 0.4) is 0 Å². The second-order valence-corrected chi connectivity index (χ2v) is 7.33. The fraction of sp³-hybridized carbons (Fsp3) is 0.389. The number of aliphatic carboxylic acids is 1. The number of rotatable bonds is 7. The van der Waals surface area contributed by atoms with Crippen LogP contribution in [0.1, 0.15) is 26.0 Å². The molecule has 8 heteroatoms. The molecule has 0 unspecified atom stereocenters. The van der Waals surface area contributed by atoms with Crippen molar-refractivity contribution in [3.63, 3.8) is 0 Å². The molecule has 2 aromatic rings. The predicted molar refractivity (Wildman–Crippen MR) is 96.4 cm³/mol. The highest BCUT2D eigenvalue weighted by Gasteiger charge is 2.22. The molecule has 1 aromatic heterocycles. The lowest BCUT2D eigenvalue weighted by Crippen LogP contribution is -2.42. The summed E-state index contributed by atoms with van der Waals surface area (Å²) in [6, 6.07) is 4.69. The maximum absolute atomic E-state index is 12.2. The quantitative estimate of drug-likeness (QED) is 0.771. The third kappa shape index (κ3) is 4.32. The van der Waals surface area contributed by atoms with E-state index in [0.717, 1.165) is 10.6 Å². The lowest BCUT2D eigenvalue weighted by molar-refractivity contribution is -0.142. The van der Waals surface area contributed by atoms with Crippen molar-refractivity contribution in [2.75, 3.05) is 6.79 Å². The molecule has 138 valence electrons. The average Bonchev–Trinajstić information content (AvgIpc) is 3.21. The summed E-state index contributed by atoms with van der Waals surface area (Å²) in [5.74, 6) is 0.185. The van der Waals surface area contributed by atoms with E-state index in [-0.39, 0.29) is 25.0 Å².